The monoisotopic (exact) mass is 308 g/mol. The standard InChI is InChI=1S/C12H16N6O2S/c1-7-10(18(19)20)11(15-12(14-7)16-13)17(3)8(2)9-5-4-6-21-9/h4-6,8H,13H2,1-3H3,(H,14,15,16). The second kappa shape index (κ2) is 6.02. The molecule has 0 aliphatic carbocycles. The van der Waals surface area contributed by atoms with E-state index in [1.54, 1.807) is 30.2 Å². The van der Waals surface area contributed by atoms with E-state index >= 15 is 0 Å². The minimum absolute atomic E-state index is 0.0522. The van der Waals surface area contributed by atoms with Gasteiger partial charge in [0.25, 0.3) is 0 Å². The maximum atomic E-state index is 11.3. The predicted octanol–water partition coefficient (Wildman–Crippen LogP) is 2.24. The lowest BCUT2D eigenvalue weighted by Crippen LogP contribution is -2.24. The number of anilines is 2. The van der Waals surface area contributed by atoms with Crippen molar-refractivity contribution >= 4 is 28.8 Å². The summed E-state index contributed by atoms with van der Waals surface area (Å²) in [6.07, 6.45) is 0. The third-order valence-corrected chi connectivity index (χ3v) is 4.26. The quantitative estimate of drug-likeness (QED) is 0.495. The van der Waals surface area contributed by atoms with Gasteiger partial charge in [0, 0.05) is 11.9 Å². The van der Waals surface area contributed by atoms with E-state index in [1.165, 1.54) is 0 Å². The van der Waals surface area contributed by atoms with E-state index in [1.807, 2.05) is 24.4 Å². The number of hydrazine groups is 1. The molecular weight excluding hydrogens is 292 g/mol. The molecule has 2 aromatic heterocycles. The Morgan fingerprint density at radius 2 is 2.24 bits per heavy atom. The van der Waals surface area contributed by atoms with E-state index < -0.39 is 4.92 Å². The summed E-state index contributed by atoms with van der Waals surface area (Å²) in [5.74, 6) is 5.71. The van der Waals surface area contributed by atoms with Gasteiger partial charge in [-0.25, -0.2) is 10.8 Å². The minimum Gasteiger partial charge on any atom is -0.346 e. The molecule has 1 atom stereocenters. The Morgan fingerprint density at radius 3 is 2.76 bits per heavy atom. The fourth-order valence-electron chi connectivity index (χ4n) is 1.98. The lowest BCUT2D eigenvalue weighted by atomic mass is 10.2. The maximum absolute atomic E-state index is 11.3. The molecule has 0 saturated heterocycles. The van der Waals surface area contributed by atoms with Crippen LogP contribution in [0.5, 0.6) is 0 Å². The van der Waals surface area contributed by atoms with Crippen molar-refractivity contribution in [2.24, 2.45) is 5.84 Å². The SMILES string of the molecule is Cc1nc(NN)nc(N(C)C(C)c2cccs2)c1[N+](=O)[O-]. The Hall–Kier alpha value is -2.26. The van der Waals surface area contributed by atoms with Gasteiger partial charge in [0.05, 0.1) is 11.0 Å². The molecule has 2 heterocycles. The van der Waals surface area contributed by atoms with Crippen LogP contribution in [-0.4, -0.2) is 21.9 Å². The minimum atomic E-state index is -0.470. The molecule has 9 heteroatoms. The highest BCUT2D eigenvalue weighted by Gasteiger charge is 2.27. The van der Waals surface area contributed by atoms with Crippen molar-refractivity contribution in [3.63, 3.8) is 0 Å². The van der Waals surface area contributed by atoms with E-state index in [0.29, 0.717) is 0 Å². The average molecular weight is 308 g/mol. The molecule has 0 fully saturated rings. The third-order valence-electron chi connectivity index (χ3n) is 3.22. The summed E-state index contributed by atoms with van der Waals surface area (Å²) in [4.78, 5) is 21.8. The van der Waals surface area contributed by atoms with Crippen LogP contribution in [0.15, 0.2) is 17.5 Å². The van der Waals surface area contributed by atoms with Crippen molar-refractivity contribution in [2.45, 2.75) is 19.9 Å². The number of nitro groups is 1. The zero-order chi connectivity index (χ0) is 15.6. The van der Waals surface area contributed by atoms with Crippen LogP contribution in [0.2, 0.25) is 0 Å². The van der Waals surface area contributed by atoms with Crippen LogP contribution in [0.4, 0.5) is 17.5 Å². The molecule has 0 spiro atoms. The molecule has 0 aliphatic heterocycles. The summed E-state index contributed by atoms with van der Waals surface area (Å²) in [6.45, 7) is 3.52. The summed E-state index contributed by atoms with van der Waals surface area (Å²) >= 11 is 1.59. The summed E-state index contributed by atoms with van der Waals surface area (Å²) < 4.78 is 0. The van der Waals surface area contributed by atoms with E-state index in [-0.39, 0.29) is 29.2 Å². The molecule has 0 aromatic carbocycles. The number of nitrogens with two attached hydrogens (primary N) is 1. The first-order valence-corrected chi connectivity index (χ1v) is 7.09. The van der Waals surface area contributed by atoms with Gasteiger partial charge in [0.2, 0.25) is 11.8 Å². The average Bonchev–Trinajstić information content (AvgIpc) is 2.98. The fraction of sp³-hybridized carbons (Fsp3) is 0.333. The van der Waals surface area contributed by atoms with Gasteiger partial charge in [-0.05, 0) is 25.3 Å². The highest BCUT2D eigenvalue weighted by molar-refractivity contribution is 7.10. The Bertz CT molecular complexity index is 645. The van der Waals surface area contributed by atoms with Gasteiger partial charge >= 0.3 is 5.69 Å². The Morgan fingerprint density at radius 1 is 1.52 bits per heavy atom. The normalized spacial score (nSPS) is 12.0. The van der Waals surface area contributed by atoms with Crippen molar-refractivity contribution in [1.29, 1.82) is 0 Å². The molecule has 0 bridgehead atoms. The predicted molar refractivity (Wildman–Crippen MR) is 82.4 cm³/mol. The van der Waals surface area contributed by atoms with Gasteiger partial charge in [0.15, 0.2) is 0 Å². The number of thiophene rings is 1. The number of aryl methyl sites for hydroxylation is 1. The molecule has 2 aromatic rings. The topological polar surface area (TPSA) is 110 Å². The fourth-order valence-corrected chi connectivity index (χ4v) is 2.81. The molecule has 2 rings (SSSR count). The smallest absolute Gasteiger partial charge is 0.332 e. The lowest BCUT2D eigenvalue weighted by Gasteiger charge is -2.25. The molecule has 0 amide bonds. The number of hydrogen-bond donors (Lipinski definition) is 2. The Kier molecular flexibility index (Phi) is 4.34. The molecular formula is C12H16N6O2S. The number of nitrogens with zero attached hydrogens (tertiary/aromatic N) is 4. The lowest BCUT2D eigenvalue weighted by molar-refractivity contribution is -0.385. The van der Waals surface area contributed by atoms with Gasteiger partial charge in [0.1, 0.15) is 5.69 Å². The largest absolute Gasteiger partial charge is 0.346 e. The molecule has 21 heavy (non-hydrogen) atoms. The van der Waals surface area contributed by atoms with Gasteiger partial charge in [-0.1, -0.05) is 6.07 Å². The molecule has 0 saturated carbocycles. The van der Waals surface area contributed by atoms with Gasteiger partial charge in [-0.15, -0.1) is 11.3 Å². The van der Waals surface area contributed by atoms with Crippen molar-refractivity contribution in [3.8, 4) is 0 Å². The maximum Gasteiger partial charge on any atom is 0.332 e. The highest BCUT2D eigenvalue weighted by atomic mass is 32.1. The third kappa shape index (κ3) is 2.93. The number of rotatable bonds is 5. The van der Waals surface area contributed by atoms with Crippen LogP contribution in [-0.2, 0) is 0 Å². The van der Waals surface area contributed by atoms with Crippen molar-refractivity contribution in [3.05, 3.63) is 38.2 Å². The van der Waals surface area contributed by atoms with Crippen molar-refractivity contribution in [1.82, 2.24) is 9.97 Å². The van der Waals surface area contributed by atoms with Crippen LogP contribution in [0.3, 0.4) is 0 Å². The van der Waals surface area contributed by atoms with Crippen molar-refractivity contribution < 1.29 is 4.92 Å². The number of nitrogens with one attached hydrogen (secondary N) is 1. The van der Waals surface area contributed by atoms with E-state index in [2.05, 4.69) is 15.4 Å². The summed E-state index contributed by atoms with van der Waals surface area (Å²) in [5.41, 5.74) is 2.49. The van der Waals surface area contributed by atoms with E-state index in [4.69, 9.17) is 5.84 Å². The van der Waals surface area contributed by atoms with Crippen LogP contribution in [0.25, 0.3) is 0 Å². The summed E-state index contributed by atoms with van der Waals surface area (Å²) in [7, 11) is 1.76. The molecule has 1 unspecified atom stereocenters. The Balaban J connectivity index is 2.50. The number of aromatic nitrogens is 2. The molecule has 112 valence electrons. The van der Waals surface area contributed by atoms with Gasteiger partial charge in [-0.3, -0.25) is 15.5 Å². The number of hydrogen-bond acceptors (Lipinski definition) is 8. The van der Waals surface area contributed by atoms with Crippen LogP contribution in [0, 0.1) is 17.0 Å². The molecule has 8 nitrogen and oxygen atoms in total. The molecule has 0 radical (unpaired) electrons. The summed E-state index contributed by atoms with van der Waals surface area (Å²) in [6, 6.07) is 3.87. The molecule has 3 N–H and O–H groups in total. The molecule has 0 aliphatic rings. The van der Waals surface area contributed by atoms with Gasteiger partial charge in [-0.2, -0.15) is 4.98 Å². The van der Waals surface area contributed by atoms with E-state index in [0.717, 1.165) is 4.88 Å². The second-order valence-corrected chi connectivity index (χ2v) is 5.49. The highest BCUT2D eigenvalue weighted by Crippen LogP contribution is 2.34. The number of nitrogen functional groups attached to an aromatic ring is 1. The zero-order valence-electron chi connectivity index (χ0n) is 11.9. The van der Waals surface area contributed by atoms with Gasteiger partial charge < -0.3 is 4.90 Å². The van der Waals surface area contributed by atoms with E-state index in [9.17, 15) is 10.1 Å². The first-order valence-electron chi connectivity index (χ1n) is 6.21. The van der Waals surface area contributed by atoms with Crippen LogP contribution in [0.1, 0.15) is 23.5 Å². The summed E-state index contributed by atoms with van der Waals surface area (Å²) in [5, 5.41) is 13.3. The first kappa shape index (κ1) is 15.1. The van der Waals surface area contributed by atoms with Crippen LogP contribution < -0.4 is 16.2 Å². The first-order chi connectivity index (χ1) is 9.95. The zero-order valence-corrected chi connectivity index (χ0v) is 12.7. The second-order valence-electron chi connectivity index (χ2n) is 4.51. The van der Waals surface area contributed by atoms with Crippen molar-refractivity contribution in [2.75, 3.05) is 17.4 Å². The van der Waals surface area contributed by atoms with Crippen LogP contribution >= 0.6 is 11.3 Å². The Labute approximate surface area is 125 Å².